The van der Waals surface area contributed by atoms with Gasteiger partial charge in [-0.15, -0.1) is 0 Å². The summed E-state index contributed by atoms with van der Waals surface area (Å²) in [5, 5.41) is 0. The van der Waals surface area contributed by atoms with E-state index >= 15 is 0 Å². The fourth-order valence-electron chi connectivity index (χ4n) is 3.31. The minimum absolute atomic E-state index is 0.207. The van der Waals surface area contributed by atoms with Gasteiger partial charge in [-0.25, -0.2) is 4.79 Å². The van der Waals surface area contributed by atoms with Crippen LogP contribution in [-0.4, -0.2) is 42.1 Å². The molecular formula is C19H26N2O3. The largest absolute Gasteiger partial charge is 0.444 e. The molecule has 24 heavy (non-hydrogen) atoms. The van der Waals surface area contributed by atoms with E-state index in [1.54, 1.807) is 4.90 Å². The molecule has 0 unspecified atom stereocenters. The molecule has 0 aromatic heterocycles. The molecule has 2 amide bonds. The van der Waals surface area contributed by atoms with Crippen LogP contribution in [0.4, 0.5) is 10.5 Å². The summed E-state index contributed by atoms with van der Waals surface area (Å²) in [7, 11) is 0. The molecule has 2 aliphatic heterocycles. The van der Waals surface area contributed by atoms with Crippen LogP contribution in [0.25, 0.3) is 0 Å². The molecule has 130 valence electrons. The minimum atomic E-state index is -0.473. The second-order valence-corrected chi connectivity index (χ2v) is 7.57. The highest BCUT2D eigenvalue weighted by Gasteiger charge is 2.26. The molecule has 0 spiro atoms. The van der Waals surface area contributed by atoms with Crippen LogP contribution in [0.1, 0.15) is 44.7 Å². The van der Waals surface area contributed by atoms with Gasteiger partial charge in [-0.3, -0.25) is 4.79 Å². The number of hydrogen-bond donors (Lipinski definition) is 0. The second-order valence-electron chi connectivity index (χ2n) is 7.57. The number of ether oxygens (including phenoxy) is 1. The van der Waals surface area contributed by atoms with E-state index in [2.05, 4.69) is 12.1 Å². The van der Waals surface area contributed by atoms with Crippen molar-refractivity contribution in [2.24, 2.45) is 0 Å². The van der Waals surface area contributed by atoms with Crippen molar-refractivity contribution < 1.29 is 14.3 Å². The zero-order valence-electron chi connectivity index (χ0n) is 14.8. The third kappa shape index (κ3) is 3.71. The van der Waals surface area contributed by atoms with Crippen LogP contribution in [0.15, 0.2) is 18.2 Å². The SMILES string of the molecule is CC(C)(C)OC(=O)N1CCc2ccc(N3CCCC3=O)cc2CC1. The summed E-state index contributed by atoms with van der Waals surface area (Å²) in [5.41, 5.74) is 3.01. The first-order chi connectivity index (χ1) is 11.3. The van der Waals surface area contributed by atoms with Crippen molar-refractivity contribution in [2.75, 3.05) is 24.5 Å². The summed E-state index contributed by atoms with van der Waals surface area (Å²) in [5.74, 6) is 0.207. The van der Waals surface area contributed by atoms with Crippen molar-refractivity contribution in [1.29, 1.82) is 0 Å². The quantitative estimate of drug-likeness (QED) is 0.795. The van der Waals surface area contributed by atoms with E-state index in [-0.39, 0.29) is 12.0 Å². The number of amides is 2. The van der Waals surface area contributed by atoms with Crippen molar-refractivity contribution in [3.63, 3.8) is 0 Å². The van der Waals surface area contributed by atoms with Gasteiger partial charge >= 0.3 is 6.09 Å². The monoisotopic (exact) mass is 330 g/mol. The number of hydrogen-bond acceptors (Lipinski definition) is 3. The first-order valence-corrected chi connectivity index (χ1v) is 8.73. The standard InChI is InChI=1S/C19H26N2O3/c1-19(2,3)24-18(23)20-11-8-14-6-7-16(13-15(14)9-12-20)21-10-4-5-17(21)22/h6-7,13H,4-5,8-12H2,1-3H3. The maximum Gasteiger partial charge on any atom is 0.410 e. The van der Waals surface area contributed by atoms with Crippen molar-refractivity contribution in [1.82, 2.24) is 4.90 Å². The number of carbonyl (C=O) groups excluding carboxylic acids is 2. The van der Waals surface area contributed by atoms with Gasteiger partial charge in [0.05, 0.1) is 0 Å². The molecular weight excluding hydrogens is 304 g/mol. The van der Waals surface area contributed by atoms with Crippen LogP contribution >= 0.6 is 0 Å². The van der Waals surface area contributed by atoms with E-state index in [4.69, 9.17) is 4.74 Å². The lowest BCUT2D eigenvalue weighted by Crippen LogP contribution is -2.38. The maximum atomic E-state index is 12.3. The van der Waals surface area contributed by atoms with Gasteiger partial charge in [-0.2, -0.15) is 0 Å². The van der Waals surface area contributed by atoms with Gasteiger partial charge in [0.2, 0.25) is 5.91 Å². The normalized spacial score (nSPS) is 18.4. The fraction of sp³-hybridized carbons (Fsp3) is 0.579. The Morgan fingerprint density at radius 3 is 2.38 bits per heavy atom. The summed E-state index contributed by atoms with van der Waals surface area (Å²) in [6.07, 6.45) is 2.95. The molecule has 0 bridgehead atoms. The average Bonchev–Trinajstić information content (AvgIpc) is 2.80. The summed E-state index contributed by atoms with van der Waals surface area (Å²) in [4.78, 5) is 27.9. The Morgan fingerprint density at radius 1 is 1.04 bits per heavy atom. The zero-order chi connectivity index (χ0) is 17.3. The Kier molecular flexibility index (Phi) is 4.52. The number of nitrogens with zero attached hydrogens (tertiary/aromatic N) is 2. The molecule has 5 nitrogen and oxygen atoms in total. The predicted molar refractivity (Wildman–Crippen MR) is 93.2 cm³/mol. The lowest BCUT2D eigenvalue weighted by Gasteiger charge is -2.26. The highest BCUT2D eigenvalue weighted by molar-refractivity contribution is 5.95. The maximum absolute atomic E-state index is 12.3. The molecule has 2 aliphatic rings. The van der Waals surface area contributed by atoms with E-state index in [0.29, 0.717) is 19.5 Å². The van der Waals surface area contributed by atoms with Gasteiger partial charge in [0, 0.05) is 31.7 Å². The number of rotatable bonds is 1. The Bertz CT molecular complexity index is 649. The van der Waals surface area contributed by atoms with Crippen LogP contribution in [0.3, 0.4) is 0 Å². The molecule has 1 saturated heterocycles. The van der Waals surface area contributed by atoms with Gasteiger partial charge in [-0.05, 0) is 63.3 Å². The van der Waals surface area contributed by atoms with Gasteiger partial charge in [0.1, 0.15) is 5.60 Å². The zero-order valence-corrected chi connectivity index (χ0v) is 14.8. The third-order valence-corrected chi connectivity index (χ3v) is 4.53. The van der Waals surface area contributed by atoms with Crippen LogP contribution in [0.5, 0.6) is 0 Å². The van der Waals surface area contributed by atoms with Crippen molar-refractivity contribution in [3.05, 3.63) is 29.3 Å². The topological polar surface area (TPSA) is 49.9 Å². The van der Waals surface area contributed by atoms with Crippen LogP contribution < -0.4 is 4.90 Å². The van der Waals surface area contributed by atoms with Gasteiger partial charge in [0.15, 0.2) is 0 Å². The molecule has 3 rings (SSSR count). The molecule has 0 aliphatic carbocycles. The van der Waals surface area contributed by atoms with E-state index in [1.807, 2.05) is 31.7 Å². The first-order valence-electron chi connectivity index (χ1n) is 8.73. The smallest absolute Gasteiger partial charge is 0.410 e. The molecule has 1 fully saturated rings. The van der Waals surface area contributed by atoms with Gasteiger partial charge < -0.3 is 14.5 Å². The fourth-order valence-corrected chi connectivity index (χ4v) is 3.31. The molecule has 0 radical (unpaired) electrons. The van der Waals surface area contributed by atoms with E-state index in [1.165, 1.54) is 11.1 Å². The molecule has 5 heteroatoms. The summed E-state index contributed by atoms with van der Waals surface area (Å²) in [6.45, 7) is 7.79. The lowest BCUT2D eigenvalue weighted by molar-refractivity contribution is -0.117. The summed E-state index contributed by atoms with van der Waals surface area (Å²) in [6, 6.07) is 6.26. The molecule has 2 heterocycles. The van der Waals surface area contributed by atoms with E-state index < -0.39 is 5.60 Å². The van der Waals surface area contributed by atoms with Crippen LogP contribution in [0, 0.1) is 0 Å². The molecule has 0 N–H and O–H groups in total. The van der Waals surface area contributed by atoms with Crippen molar-refractivity contribution in [2.45, 2.75) is 52.1 Å². The average molecular weight is 330 g/mol. The molecule has 1 aromatic carbocycles. The number of carbonyl (C=O) groups is 2. The van der Waals surface area contributed by atoms with Gasteiger partial charge in [-0.1, -0.05) is 6.07 Å². The summed E-state index contributed by atoms with van der Waals surface area (Å²) < 4.78 is 5.48. The first kappa shape index (κ1) is 16.8. The summed E-state index contributed by atoms with van der Waals surface area (Å²) >= 11 is 0. The molecule has 0 atom stereocenters. The number of fused-ring (bicyclic) bond motifs is 1. The minimum Gasteiger partial charge on any atom is -0.444 e. The predicted octanol–water partition coefficient (Wildman–Crippen LogP) is 3.15. The third-order valence-electron chi connectivity index (χ3n) is 4.53. The number of anilines is 1. The Hall–Kier alpha value is -2.04. The Balaban J connectivity index is 1.72. The van der Waals surface area contributed by atoms with Crippen LogP contribution in [-0.2, 0) is 22.4 Å². The second kappa shape index (κ2) is 6.46. The van der Waals surface area contributed by atoms with Gasteiger partial charge in [0.25, 0.3) is 0 Å². The highest BCUT2D eigenvalue weighted by atomic mass is 16.6. The Morgan fingerprint density at radius 2 is 1.75 bits per heavy atom. The van der Waals surface area contributed by atoms with Crippen molar-refractivity contribution >= 4 is 17.7 Å². The van der Waals surface area contributed by atoms with Crippen molar-refractivity contribution in [3.8, 4) is 0 Å². The highest BCUT2D eigenvalue weighted by Crippen LogP contribution is 2.26. The van der Waals surface area contributed by atoms with E-state index in [9.17, 15) is 9.59 Å². The lowest BCUT2D eigenvalue weighted by atomic mass is 10.0. The number of benzene rings is 1. The molecule has 0 saturated carbocycles. The Labute approximate surface area is 143 Å². The van der Waals surface area contributed by atoms with E-state index in [0.717, 1.165) is 31.5 Å². The van der Waals surface area contributed by atoms with Crippen LogP contribution in [0.2, 0.25) is 0 Å². The molecule has 1 aromatic rings.